The van der Waals surface area contributed by atoms with Crippen LogP contribution in [0.3, 0.4) is 0 Å². The quantitative estimate of drug-likeness (QED) is 0.820. The molecule has 0 saturated carbocycles. The molecule has 3 heteroatoms. The lowest BCUT2D eigenvalue weighted by Crippen LogP contribution is -2.24. The van der Waals surface area contributed by atoms with Crippen LogP contribution in [0, 0.1) is 11.8 Å². The third-order valence-electron chi connectivity index (χ3n) is 3.38. The maximum Gasteiger partial charge on any atom is 0.243 e. The van der Waals surface area contributed by atoms with E-state index in [0.717, 1.165) is 28.9 Å². The van der Waals surface area contributed by atoms with Gasteiger partial charge in [0.2, 0.25) is 6.29 Å². The third kappa shape index (κ3) is 2.18. The van der Waals surface area contributed by atoms with E-state index in [9.17, 15) is 0 Å². The third-order valence-corrected chi connectivity index (χ3v) is 3.38. The van der Waals surface area contributed by atoms with Gasteiger partial charge in [-0.05, 0) is 24.0 Å². The fourth-order valence-corrected chi connectivity index (χ4v) is 2.42. The van der Waals surface area contributed by atoms with Crippen molar-refractivity contribution in [3.05, 3.63) is 24.0 Å². The molecule has 1 aromatic carbocycles. The summed E-state index contributed by atoms with van der Waals surface area (Å²) >= 11 is 0. The van der Waals surface area contributed by atoms with Crippen molar-refractivity contribution in [2.75, 3.05) is 0 Å². The molecule has 0 saturated heterocycles. The second-order valence-electron chi connectivity index (χ2n) is 6.00. The molecule has 3 rings (SSSR count). The van der Waals surface area contributed by atoms with E-state index in [0.29, 0.717) is 11.8 Å². The van der Waals surface area contributed by atoms with E-state index in [1.165, 1.54) is 5.56 Å². The summed E-state index contributed by atoms with van der Waals surface area (Å²) in [6.07, 6.45) is 2.68. The summed E-state index contributed by atoms with van der Waals surface area (Å²) in [4.78, 5) is 0. The fraction of sp³-hybridized carbons (Fsp3) is 0.500. The van der Waals surface area contributed by atoms with Crippen molar-refractivity contribution in [2.45, 2.75) is 40.4 Å². The van der Waals surface area contributed by atoms with Crippen molar-refractivity contribution < 1.29 is 13.9 Å². The summed E-state index contributed by atoms with van der Waals surface area (Å²) in [5, 5.41) is 1.14. The lowest BCUT2D eigenvalue weighted by Gasteiger charge is -2.12. The molecule has 3 nitrogen and oxygen atoms in total. The predicted octanol–water partition coefficient (Wildman–Crippen LogP) is 4.38. The largest absolute Gasteiger partial charge is 0.464 e. The average Bonchev–Trinajstić information content (AvgIpc) is 2.90. The molecule has 1 unspecified atom stereocenters. The number of fused-ring (bicyclic) bond motifs is 2. The molecule has 0 aliphatic carbocycles. The molecule has 1 aliphatic heterocycles. The van der Waals surface area contributed by atoms with E-state index in [-0.39, 0.29) is 6.29 Å². The number of ether oxygens (including phenoxy) is 2. The van der Waals surface area contributed by atoms with Crippen molar-refractivity contribution in [3.63, 3.8) is 0 Å². The Balaban J connectivity index is 1.99. The number of hydrogen-bond acceptors (Lipinski definition) is 3. The molecule has 1 aromatic heterocycles. The van der Waals surface area contributed by atoms with Crippen LogP contribution in [0.5, 0.6) is 11.5 Å². The Bertz CT molecular complexity index is 595. The highest BCUT2D eigenvalue weighted by molar-refractivity contribution is 5.85. The summed E-state index contributed by atoms with van der Waals surface area (Å²) in [5.41, 5.74) is 2.12. The van der Waals surface area contributed by atoms with Gasteiger partial charge in [0, 0.05) is 17.4 Å². The van der Waals surface area contributed by atoms with Gasteiger partial charge in [0.15, 0.2) is 11.5 Å². The number of benzene rings is 1. The molecule has 102 valence electrons. The van der Waals surface area contributed by atoms with Crippen LogP contribution in [0.1, 0.15) is 33.3 Å². The van der Waals surface area contributed by atoms with Crippen LogP contribution in [-0.2, 0) is 6.42 Å². The van der Waals surface area contributed by atoms with Gasteiger partial charge in [0.1, 0.15) is 5.58 Å². The predicted molar refractivity (Wildman–Crippen MR) is 74.6 cm³/mol. The van der Waals surface area contributed by atoms with Gasteiger partial charge >= 0.3 is 0 Å². The maximum atomic E-state index is 5.84. The Morgan fingerprint density at radius 2 is 1.74 bits per heavy atom. The van der Waals surface area contributed by atoms with Gasteiger partial charge in [-0.15, -0.1) is 0 Å². The van der Waals surface area contributed by atoms with E-state index >= 15 is 0 Å². The first kappa shape index (κ1) is 12.4. The van der Waals surface area contributed by atoms with Gasteiger partial charge < -0.3 is 13.9 Å². The highest BCUT2D eigenvalue weighted by Gasteiger charge is 2.28. The zero-order valence-corrected chi connectivity index (χ0v) is 11.9. The van der Waals surface area contributed by atoms with Crippen LogP contribution in [-0.4, -0.2) is 6.29 Å². The monoisotopic (exact) mass is 260 g/mol. The first-order valence-electron chi connectivity index (χ1n) is 6.92. The van der Waals surface area contributed by atoms with Crippen molar-refractivity contribution in [1.82, 2.24) is 0 Å². The number of rotatable bonds is 3. The van der Waals surface area contributed by atoms with Crippen molar-refractivity contribution in [2.24, 2.45) is 11.8 Å². The minimum atomic E-state index is -0.185. The fourth-order valence-electron chi connectivity index (χ4n) is 2.42. The summed E-state index contributed by atoms with van der Waals surface area (Å²) in [6, 6.07) is 3.99. The molecular weight excluding hydrogens is 240 g/mol. The van der Waals surface area contributed by atoms with E-state index in [1.54, 1.807) is 0 Å². The highest BCUT2D eigenvalue weighted by Crippen LogP contribution is 2.41. The first-order chi connectivity index (χ1) is 9.04. The van der Waals surface area contributed by atoms with Crippen molar-refractivity contribution in [3.8, 4) is 11.5 Å². The Morgan fingerprint density at radius 3 is 2.37 bits per heavy atom. The highest BCUT2D eigenvalue weighted by atomic mass is 16.7. The Labute approximate surface area is 113 Å². The maximum absolute atomic E-state index is 5.84. The van der Waals surface area contributed by atoms with E-state index in [2.05, 4.69) is 27.7 Å². The molecule has 1 aliphatic rings. The van der Waals surface area contributed by atoms with Crippen LogP contribution < -0.4 is 9.47 Å². The van der Waals surface area contributed by atoms with Crippen LogP contribution in [0.25, 0.3) is 11.0 Å². The summed E-state index contributed by atoms with van der Waals surface area (Å²) in [6.45, 7) is 8.59. The molecule has 0 radical (unpaired) electrons. The van der Waals surface area contributed by atoms with Gasteiger partial charge in [-0.2, -0.15) is 0 Å². The normalized spacial score (nSPS) is 17.9. The second-order valence-corrected chi connectivity index (χ2v) is 6.00. The molecule has 19 heavy (non-hydrogen) atoms. The molecule has 2 aromatic rings. The van der Waals surface area contributed by atoms with Crippen LogP contribution >= 0.6 is 0 Å². The van der Waals surface area contributed by atoms with Gasteiger partial charge in [-0.3, -0.25) is 0 Å². The van der Waals surface area contributed by atoms with Crippen molar-refractivity contribution in [1.29, 1.82) is 0 Å². The lowest BCUT2D eigenvalue weighted by molar-refractivity contribution is 0.00914. The molecule has 0 fully saturated rings. The second kappa shape index (κ2) is 4.48. The molecular formula is C16H20O3. The Hall–Kier alpha value is -1.64. The Morgan fingerprint density at radius 1 is 1.05 bits per heavy atom. The zero-order chi connectivity index (χ0) is 13.6. The topological polar surface area (TPSA) is 31.6 Å². The summed E-state index contributed by atoms with van der Waals surface area (Å²) in [7, 11) is 0. The SMILES string of the molecule is CC(C)Cc1coc2cc3c(cc12)OC(C(C)C)O3. The summed E-state index contributed by atoms with van der Waals surface area (Å²) in [5.74, 6) is 2.55. The van der Waals surface area contributed by atoms with Crippen LogP contribution in [0.15, 0.2) is 22.8 Å². The van der Waals surface area contributed by atoms with E-state index in [1.807, 2.05) is 18.4 Å². The zero-order valence-electron chi connectivity index (χ0n) is 11.9. The van der Waals surface area contributed by atoms with E-state index in [4.69, 9.17) is 13.9 Å². The van der Waals surface area contributed by atoms with Gasteiger partial charge in [0.05, 0.1) is 6.26 Å². The number of hydrogen-bond donors (Lipinski definition) is 0. The molecule has 2 heterocycles. The molecule has 1 atom stereocenters. The number of furan rings is 1. The molecule has 0 spiro atoms. The minimum Gasteiger partial charge on any atom is -0.464 e. The van der Waals surface area contributed by atoms with Gasteiger partial charge in [0.25, 0.3) is 0 Å². The molecule has 0 amide bonds. The van der Waals surface area contributed by atoms with Crippen molar-refractivity contribution >= 4 is 11.0 Å². The standard InChI is InChI=1S/C16H20O3/c1-9(2)5-11-8-17-13-7-15-14(6-12(11)13)18-16(19-15)10(3)4/h6-10,16H,5H2,1-4H3. The van der Waals surface area contributed by atoms with Gasteiger partial charge in [-0.1, -0.05) is 27.7 Å². The molecule has 0 bridgehead atoms. The first-order valence-corrected chi connectivity index (χ1v) is 6.92. The lowest BCUT2D eigenvalue weighted by atomic mass is 10.0. The van der Waals surface area contributed by atoms with Gasteiger partial charge in [-0.25, -0.2) is 0 Å². The average molecular weight is 260 g/mol. The minimum absolute atomic E-state index is 0.185. The summed E-state index contributed by atoms with van der Waals surface area (Å²) < 4.78 is 17.3. The van der Waals surface area contributed by atoms with Crippen LogP contribution in [0.2, 0.25) is 0 Å². The molecule has 0 N–H and O–H groups in total. The smallest absolute Gasteiger partial charge is 0.243 e. The van der Waals surface area contributed by atoms with E-state index < -0.39 is 0 Å². The Kier molecular flexibility index (Phi) is 2.92. The van der Waals surface area contributed by atoms with Crippen LogP contribution in [0.4, 0.5) is 0 Å².